The average molecular weight is 381 g/mol. The van der Waals surface area contributed by atoms with Crippen LogP contribution in [0.3, 0.4) is 0 Å². The largest absolute Gasteiger partial charge is 0.354 e. The normalized spacial score (nSPS) is 17.3. The maximum atomic E-state index is 11.9. The first kappa shape index (κ1) is 17.9. The zero-order valence-electron chi connectivity index (χ0n) is 15.5. The maximum Gasteiger partial charge on any atom is 0.261 e. The van der Waals surface area contributed by atoms with Gasteiger partial charge in [-0.3, -0.25) is 9.69 Å². The number of benzene rings is 1. The van der Waals surface area contributed by atoms with Crippen LogP contribution in [0.2, 0.25) is 0 Å². The Morgan fingerprint density at radius 1 is 1.22 bits per heavy atom. The minimum atomic E-state index is -0.00302. The van der Waals surface area contributed by atoms with Gasteiger partial charge in [-0.25, -0.2) is 4.98 Å². The van der Waals surface area contributed by atoms with Crippen LogP contribution >= 0.6 is 11.3 Å². The molecule has 4 rings (SSSR count). The number of imidazole rings is 1. The molecule has 0 spiro atoms. The number of aromatic nitrogens is 2. The number of likely N-dealkylation sites (tertiary alicyclic amines) is 1. The third-order valence-electron chi connectivity index (χ3n) is 5.13. The Bertz CT molecular complexity index is 902. The minimum Gasteiger partial charge on any atom is -0.354 e. The number of carbonyl (C=O) groups is 1. The van der Waals surface area contributed by atoms with E-state index in [9.17, 15) is 4.79 Å². The van der Waals surface area contributed by atoms with Gasteiger partial charge in [-0.1, -0.05) is 30.3 Å². The average Bonchev–Trinajstić information content (AvgIpc) is 3.44. The zero-order valence-corrected chi connectivity index (χ0v) is 16.3. The summed E-state index contributed by atoms with van der Waals surface area (Å²) in [5.74, 6) is -0.00302. The highest BCUT2D eigenvalue weighted by Crippen LogP contribution is 2.36. The molecule has 1 aliphatic heterocycles. The van der Waals surface area contributed by atoms with E-state index < -0.39 is 0 Å². The van der Waals surface area contributed by atoms with Crippen LogP contribution in [0.5, 0.6) is 0 Å². The van der Waals surface area contributed by atoms with Crippen LogP contribution in [-0.2, 0) is 13.1 Å². The molecule has 140 valence electrons. The summed E-state index contributed by atoms with van der Waals surface area (Å²) < 4.78 is 2.23. The number of rotatable bonds is 6. The van der Waals surface area contributed by atoms with Crippen molar-refractivity contribution >= 4 is 17.2 Å². The SMILES string of the molecule is CNC(=O)c1ccc(C2CCCN2Cc2cncn2Cc2ccccc2)s1. The predicted molar refractivity (Wildman–Crippen MR) is 108 cm³/mol. The lowest BCUT2D eigenvalue weighted by atomic mass is 10.2. The summed E-state index contributed by atoms with van der Waals surface area (Å²) in [7, 11) is 1.68. The molecular weight excluding hydrogens is 356 g/mol. The van der Waals surface area contributed by atoms with Crippen molar-refractivity contribution in [1.29, 1.82) is 0 Å². The summed E-state index contributed by atoms with van der Waals surface area (Å²) in [6.07, 6.45) is 6.22. The molecule has 1 fully saturated rings. The molecule has 0 bridgehead atoms. The van der Waals surface area contributed by atoms with E-state index in [1.54, 1.807) is 18.4 Å². The summed E-state index contributed by atoms with van der Waals surface area (Å²) in [6, 6.07) is 14.9. The second-order valence-corrected chi connectivity index (χ2v) is 8.02. The van der Waals surface area contributed by atoms with E-state index in [0.29, 0.717) is 6.04 Å². The smallest absolute Gasteiger partial charge is 0.261 e. The van der Waals surface area contributed by atoms with Gasteiger partial charge < -0.3 is 9.88 Å². The van der Waals surface area contributed by atoms with Crippen LogP contribution in [0.4, 0.5) is 0 Å². The van der Waals surface area contributed by atoms with Gasteiger partial charge in [-0.05, 0) is 37.1 Å². The fourth-order valence-corrected chi connectivity index (χ4v) is 4.85. The Morgan fingerprint density at radius 3 is 2.89 bits per heavy atom. The fraction of sp³-hybridized carbons (Fsp3) is 0.333. The van der Waals surface area contributed by atoms with E-state index in [2.05, 4.69) is 50.1 Å². The number of nitrogens with one attached hydrogen (secondary N) is 1. The molecule has 0 saturated carbocycles. The van der Waals surface area contributed by atoms with Crippen molar-refractivity contribution in [2.45, 2.75) is 32.0 Å². The molecule has 27 heavy (non-hydrogen) atoms. The van der Waals surface area contributed by atoms with E-state index in [-0.39, 0.29) is 5.91 Å². The molecule has 1 aromatic carbocycles. The summed E-state index contributed by atoms with van der Waals surface area (Å²) >= 11 is 1.61. The van der Waals surface area contributed by atoms with Crippen LogP contribution in [-0.4, -0.2) is 34.0 Å². The van der Waals surface area contributed by atoms with Crippen molar-refractivity contribution < 1.29 is 4.79 Å². The Hall–Kier alpha value is -2.44. The molecule has 1 atom stereocenters. The Balaban J connectivity index is 1.48. The highest BCUT2D eigenvalue weighted by Gasteiger charge is 2.28. The maximum absolute atomic E-state index is 11.9. The third-order valence-corrected chi connectivity index (χ3v) is 6.31. The number of carbonyl (C=O) groups excluding carboxylic acids is 1. The summed E-state index contributed by atoms with van der Waals surface area (Å²) in [6.45, 7) is 2.80. The first-order valence-electron chi connectivity index (χ1n) is 9.33. The van der Waals surface area contributed by atoms with Crippen LogP contribution in [0.15, 0.2) is 55.0 Å². The van der Waals surface area contributed by atoms with Gasteiger partial charge in [0.25, 0.3) is 5.91 Å². The van der Waals surface area contributed by atoms with E-state index in [4.69, 9.17) is 0 Å². The lowest BCUT2D eigenvalue weighted by molar-refractivity contribution is 0.0967. The molecule has 6 heteroatoms. The van der Waals surface area contributed by atoms with Gasteiger partial charge >= 0.3 is 0 Å². The van der Waals surface area contributed by atoms with E-state index in [1.807, 2.05) is 24.7 Å². The molecule has 0 aliphatic carbocycles. The number of amides is 1. The van der Waals surface area contributed by atoms with Gasteiger partial charge in [0.15, 0.2) is 0 Å². The molecule has 2 aromatic heterocycles. The van der Waals surface area contributed by atoms with Crippen LogP contribution < -0.4 is 5.32 Å². The predicted octanol–water partition coefficient (Wildman–Crippen LogP) is 3.69. The topological polar surface area (TPSA) is 50.2 Å². The molecule has 0 radical (unpaired) electrons. The minimum absolute atomic E-state index is 0.00302. The molecule has 5 nitrogen and oxygen atoms in total. The zero-order chi connectivity index (χ0) is 18.6. The van der Waals surface area contributed by atoms with Crippen LogP contribution in [0.25, 0.3) is 0 Å². The number of hydrogen-bond donors (Lipinski definition) is 1. The summed E-state index contributed by atoms with van der Waals surface area (Å²) in [5.41, 5.74) is 2.51. The Morgan fingerprint density at radius 2 is 2.07 bits per heavy atom. The van der Waals surface area contributed by atoms with Crippen molar-refractivity contribution in [1.82, 2.24) is 19.8 Å². The van der Waals surface area contributed by atoms with Gasteiger partial charge in [-0.15, -0.1) is 11.3 Å². The second-order valence-electron chi connectivity index (χ2n) is 6.91. The van der Waals surface area contributed by atoms with Crippen LogP contribution in [0.1, 0.15) is 44.7 Å². The number of hydrogen-bond acceptors (Lipinski definition) is 4. The number of thiophene rings is 1. The number of nitrogens with zero attached hydrogens (tertiary/aromatic N) is 3. The lowest BCUT2D eigenvalue weighted by Crippen LogP contribution is -2.23. The molecule has 1 unspecified atom stereocenters. The van der Waals surface area contributed by atoms with Crippen molar-refractivity contribution in [3.05, 3.63) is 76.0 Å². The van der Waals surface area contributed by atoms with Crippen molar-refractivity contribution in [2.75, 3.05) is 13.6 Å². The van der Waals surface area contributed by atoms with Gasteiger partial charge in [-0.2, -0.15) is 0 Å². The van der Waals surface area contributed by atoms with Gasteiger partial charge in [0, 0.05) is 37.3 Å². The van der Waals surface area contributed by atoms with Gasteiger partial charge in [0.1, 0.15) is 0 Å². The highest BCUT2D eigenvalue weighted by molar-refractivity contribution is 7.14. The van der Waals surface area contributed by atoms with Gasteiger partial charge in [0.2, 0.25) is 0 Å². The molecule has 3 heterocycles. The van der Waals surface area contributed by atoms with E-state index in [0.717, 1.165) is 30.9 Å². The molecule has 1 amide bonds. The standard InChI is InChI=1S/C21H24N4OS/c1-22-21(26)20-10-9-19(27-20)18-8-5-11-24(18)14-17-12-23-15-25(17)13-16-6-3-2-4-7-16/h2-4,6-7,9-10,12,15,18H,5,8,11,13-14H2,1H3,(H,22,26). The van der Waals surface area contributed by atoms with Crippen molar-refractivity contribution in [3.63, 3.8) is 0 Å². The summed E-state index contributed by atoms with van der Waals surface area (Å²) in [5, 5.41) is 2.71. The lowest BCUT2D eigenvalue weighted by Gasteiger charge is -2.24. The van der Waals surface area contributed by atoms with Gasteiger partial charge in [0.05, 0.1) is 16.9 Å². The second kappa shape index (κ2) is 8.06. The van der Waals surface area contributed by atoms with E-state index >= 15 is 0 Å². The molecule has 1 aliphatic rings. The first-order chi connectivity index (χ1) is 13.2. The molecule has 1 saturated heterocycles. The summed E-state index contributed by atoms with van der Waals surface area (Å²) in [4.78, 5) is 20.8. The van der Waals surface area contributed by atoms with E-state index in [1.165, 1.54) is 22.6 Å². The van der Waals surface area contributed by atoms with Crippen LogP contribution in [0, 0.1) is 0 Å². The molecule has 1 N–H and O–H groups in total. The van der Waals surface area contributed by atoms with Crippen molar-refractivity contribution in [3.8, 4) is 0 Å². The third kappa shape index (κ3) is 3.96. The fourth-order valence-electron chi connectivity index (χ4n) is 3.73. The molecule has 3 aromatic rings. The monoisotopic (exact) mass is 380 g/mol. The quantitative estimate of drug-likeness (QED) is 0.710. The van der Waals surface area contributed by atoms with Crippen molar-refractivity contribution in [2.24, 2.45) is 0 Å². The first-order valence-corrected chi connectivity index (χ1v) is 10.1. The Labute approximate surface area is 163 Å². The molecular formula is C21H24N4OS. The highest BCUT2D eigenvalue weighted by atomic mass is 32.1. The Kier molecular flexibility index (Phi) is 5.36.